The Bertz CT molecular complexity index is 444. The van der Waals surface area contributed by atoms with Crippen molar-refractivity contribution >= 4 is 18.3 Å². The molecule has 22 heavy (non-hydrogen) atoms. The number of hydrogen-bond donors (Lipinski definition) is 3. The predicted molar refractivity (Wildman–Crippen MR) is 93.2 cm³/mol. The molecule has 4 N–H and O–H groups in total. The van der Waals surface area contributed by atoms with Gasteiger partial charge in [0.05, 0.1) is 12.1 Å². The zero-order valence-corrected chi connectivity index (χ0v) is 14.7. The molecule has 4 nitrogen and oxygen atoms in total. The van der Waals surface area contributed by atoms with Gasteiger partial charge in [0, 0.05) is 12.5 Å². The fraction of sp³-hybridized carbons (Fsp3) is 0.588. The van der Waals surface area contributed by atoms with E-state index < -0.39 is 12.1 Å². The zero-order chi connectivity index (χ0) is 16.0. The predicted octanol–water partition coefficient (Wildman–Crippen LogP) is 2.45. The molecule has 1 amide bonds. The van der Waals surface area contributed by atoms with Crippen LogP contribution in [0.25, 0.3) is 0 Å². The molecule has 0 heterocycles. The molecule has 2 unspecified atom stereocenters. The molecule has 0 aliphatic rings. The molecule has 3 atom stereocenters. The van der Waals surface area contributed by atoms with Crippen molar-refractivity contribution < 1.29 is 9.90 Å². The highest BCUT2D eigenvalue weighted by molar-refractivity contribution is 5.85. The zero-order valence-electron chi connectivity index (χ0n) is 13.9. The van der Waals surface area contributed by atoms with Crippen LogP contribution in [0, 0.1) is 5.41 Å². The van der Waals surface area contributed by atoms with Gasteiger partial charge < -0.3 is 16.2 Å². The van der Waals surface area contributed by atoms with Gasteiger partial charge in [-0.25, -0.2) is 0 Å². The van der Waals surface area contributed by atoms with Crippen LogP contribution in [0.2, 0.25) is 0 Å². The summed E-state index contributed by atoms with van der Waals surface area (Å²) in [5.74, 6) is -0.0589. The Morgan fingerprint density at radius 3 is 2.27 bits per heavy atom. The maximum Gasteiger partial charge on any atom is 0.237 e. The fourth-order valence-corrected chi connectivity index (χ4v) is 2.20. The lowest BCUT2D eigenvalue weighted by molar-refractivity contribution is -0.124. The van der Waals surface area contributed by atoms with Gasteiger partial charge in [0.2, 0.25) is 5.91 Å². The Kier molecular flexibility index (Phi) is 8.68. The molecule has 1 aromatic carbocycles. The average molecular weight is 329 g/mol. The Morgan fingerprint density at radius 2 is 1.82 bits per heavy atom. The molecule has 0 saturated carbocycles. The number of benzene rings is 1. The van der Waals surface area contributed by atoms with E-state index in [4.69, 9.17) is 5.73 Å². The third-order valence-corrected chi connectivity index (χ3v) is 3.63. The lowest BCUT2D eigenvalue weighted by Crippen LogP contribution is -2.49. The summed E-state index contributed by atoms with van der Waals surface area (Å²) in [6.07, 6.45) is 0.193. The first kappa shape index (κ1) is 20.9. The number of rotatable bonds is 6. The average Bonchev–Trinajstić information content (AvgIpc) is 2.41. The maximum absolute atomic E-state index is 12.1. The summed E-state index contributed by atoms with van der Waals surface area (Å²) in [7, 11) is 0. The van der Waals surface area contributed by atoms with E-state index in [2.05, 4.69) is 5.32 Å². The molecular formula is C17H29ClN2O2. The number of carbonyl (C=O) groups is 1. The van der Waals surface area contributed by atoms with Crippen LogP contribution in [-0.4, -0.2) is 29.7 Å². The molecule has 0 bridgehead atoms. The van der Waals surface area contributed by atoms with Gasteiger partial charge in [-0.2, -0.15) is 0 Å². The Labute approximate surface area is 139 Å². The highest BCUT2D eigenvalue weighted by Crippen LogP contribution is 2.21. The van der Waals surface area contributed by atoms with Crippen LogP contribution < -0.4 is 11.1 Å². The second kappa shape index (κ2) is 9.13. The molecule has 0 fully saturated rings. The van der Waals surface area contributed by atoms with E-state index in [0.717, 1.165) is 5.56 Å². The highest BCUT2D eigenvalue weighted by atomic mass is 35.5. The lowest BCUT2D eigenvalue weighted by Gasteiger charge is -2.27. The van der Waals surface area contributed by atoms with Crippen molar-refractivity contribution in [1.29, 1.82) is 0 Å². The molecular weight excluding hydrogens is 300 g/mol. The van der Waals surface area contributed by atoms with Gasteiger partial charge in [0.1, 0.15) is 0 Å². The normalized spacial score (nSPS) is 15.4. The number of carbonyl (C=O) groups excluding carboxylic acids is 1. The molecule has 0 aromatic heterocycles. The van der Waals surface area contributed by atoms with E-state index in [-0.39, 0.29) is 29.6 Å². The van der Waals surface area contributed by atoms with Crippen molar-refractivity contribution in [1.82, 2.24) is 5.32 Å². The van der Waals surface area contributed by atoms with E-state index in [1.807, 2.05) is 51.1 Å². The number of aliphatic hydroxyl groups excluding tert-OH is 1. The Morgan fingerprint density at radius 1 is 1.27 bits per heavy atom. The number of nitrogens with two attached hydrogens (primary N) is 1. The quantitative estimate of drug-likeness (QED) is 0.750. The lowest BCUT2D eigenvalue weighted by atomic mass is 9.86. The van der Waals surface area contributed by atoms with Crippen molar-refractivity contribution in [2.45, 2.75) is 52.2 Å². The van der Waals surface area contributed by atoms with Crippen LogP contribution >= 0.6 is 12.4 Å². The second-order valence-electron chi connectivity index (χ2n) is 6.78. The van der Waals surface area contributed by atoms with Crippen LogP contribution in [0.5, 0.6) is 0 Å². The Hall–Kier alpha value is -1.10. The summed E-state index contributed by atoms with van der Waals surface area (Å²) in [5, 5.41) is 12.6. The van der Waals surface area contributed by atoms with Gasteiger partial charge in [0.15, 0.2) is 0 Å². The molecule has 0 spiro atoms. The third kappa shape index (κ3) is 6.77. The molecule has 1 aromatic rings. The minimum atomic E-state index is -0.541. The van der Waals surface area contributed by atoms with E-state index in [0.29, 0.717) is 13.0 Å². The van der Waals surface area contributed by atoms with Crippen molar-refractivity contribution in [3.05, 3.63) is 35.9 Å². The van der Waals surface area contributed by atoms with E-state index >= 15 is 0 Å². The number of aliphatic hydroxyl groups is 1. The van der Waals surface area contributed by atoms with Crippen LogP contribution in [0.15, 0.2) is 30.3 Å². The largest absolute Gasteiger partial charge is 0.393 e. The van der Waals surface area contributed by atoms with Gasteiger partial charge in [-0.1, -0.05) is 51.1 Å². The number of nitrogens with one attached hydrogen (secondary N) is 1. The first-order chi connectivity index (χ1) is 9.71. The van der Waals surface area contributed by atoms with Gasteiger partial charge in [-0.05, 0) is 24.3 Å². The summed E-state index contributed by atoms with van der Waals surface area (Å²) in [6.45, 7) is 8.08. The minimum absolute atomic E-state index is 0. The Balaban J connectivity index is 0.00000441. The third-order valence-electron chi connectivity index (χ3n) is 3.63. The van der Waals surface area contributed by atoms with Crippen molar-refractivity contribution in [2.75, 3.05) is 6.54 Å². The van der Waals surface area contributed by atoms with E-state index in [1.54, 1.807) is 6.92 Å². The van der Waals surface area contributed by atoms with E-state index in [1.165, 1.54) is 0 Å². The first-order valence-electron chi connectivity index (χ1n) is 7.48. The second-order valence-corrected chi connectivity index (χ2v) is 6.78. The monoisotopic (exact) mass is 328 g/mol. The summed E-state index contributed by atoms with van der Waals surface area (Å²) >= 11 is 0. The van der Waals surface area contributed by atoms with Crippen molar-refractivity contribution in [3.8, 4) is 0 Å². The van der Waals surface area contributed by atoms with Crippen molar-refractivity contribution in [3.63, 3.8) is 0 Å². The summed E-state index contributed by atoms with van der Waals surface area (Å²) in [6, 6.07) is 9.38. The molecule has 5 heteroatoms. The number of amides is 1. The maximum atomic E-state index is 12.1. The molecule has 0 radical (unpaired) electrons. The first-order valence-corrected chi connectivity index (χ1v) is 7.48. The number of halogens is 1. The van der Waals surface area contributed by atoms with Gasteiger partial charge in [-0.3, -0.25) is 4.79 Å². The summed E-state index contributed by atoms with van der Waals surface area (Å²) in [5.41, 5.74) is 6.81. The van der Waals surface area contributed by atoms with Crippen LogP contribution in [0.3, 0.4) is 0 Å². The number of hydrogen-bond acceptors (Lipinski definition) is 3. The van der Waals surface area contributed by atoms with Gasteiger partial charge >= 0.3 is 0 Å². The van der Waals surface area contributed by atoms with Crippen LogP contribution in [0.4, 0.5) is 0 Å². The van der Waals surface area contributed by atoms with Crippen LogP contribution in [0.1, 0.15) is 45.6 Å². The molecule has 126 valence electrons. The molecule has 0 aliphatic carbocycles. The molecule has 0 aliphatic heterocycles. The molecule has 1 rings (SSSR count). The topological polar surface area (TPSA) is 75.3 Å². The van der Waals surface area contributed by atoms with Gasteiger partial charge in [-0.15, -0.1) is 12.4 Å². The van der Waals surface area contributed by atoms with Gasteiger partial charge in [0.25, 0.3) is 0 Å². The van der Waals surface area contributed by atoms with Crippen LogP contribution in [-0.2, 0) is 4.79 Å². The highest BCUT2D eigenvalue weighted by Gasteiger charge is 2.27. The summed E-state index contributed by atoms with van der Waals surface area (Å²) in [4.78, 5) is 12.1. The smallest absolute Gasteiger partial charge is 0.237 e. The molecule has 0 saturated heterocycles. The SMILES string of the molecule is CC(O)CC(CNC(=O)[C@@H](N)C(C)(C)C)c1ccccc1.Cl. The fourth-order valence-electron chi connectivity index (χ4n) is 2.20. The van der Waals surface area contributed by atoms with E-state index in [9.17, 15) is 9.90 Å². The minimum Gasteiger partial charge on any atom is -0.393 e. The standard InChI is InChI=1S/C17H28N2O2.ClH/c1-12(20)10-14(13-8-6-5-7-9-13)11-19-16(21)15(18)17(2,3)4;/h5-9,12,14-15,20H,10-11,18H2,1-4H3,(H,19,21);1H/t12?,14?,15-;/m1./s1. The van der Waals surface area contributed by atoms with Crippen molar-refractivity contribution in [2.24, 2.45) is 11.1 Å². The summed E-state index contributed by atoms with van der Waals surface area (Å²) < 4.78 is 0.